The monoisotopic (exact) mass is 356 g/mol. The number of methoxy groups -OCH3 is 1. The number of carbonyl (C=O) groups is 2. The van der Waals surface area contributed by atoms with E-state index in [2.05, 4.69) is 10.6 Å². The Balaban J connectivity index is 2.23. The van der Waals surface area contributed by atoms with Crippen LogP contribution in [0, 0.1) is 0 Å². The van der Waals surface area contributed by atoms with E-state index in [-0.39, 0.29) is 5.91 Å². The van der Waals surface area contributed by atoms with Gasteiger partial charge in [0.2, 0.25) is 0 Å². The second kappa shape index (κ2) is 9.58. The van der Waals surface area contributed by atoms with Crippen LogP contribution in [0.25, 0.3) is 0 Å². The van der Waals surface area contributed by atoms with Gasteiger partial charge in [-0.05, 0) is 49.7 Å². The average molecular weight is 356 g/mol. The number of esters is 1. The number of benzene rings is 2. The smallest absolute Gasteiger partial charge is 0.338 e. The topological polar surface area (TPSA) is 76.7 Å². The van der Waals surface area contributed by atoms with Crippen LogP contribution >= 0.6 is 0 Å². The summed E-state index contributed by atoms with van der Waals surface area (Å²) in [7, 11) is 1.62. The third-order valence-electron chi connectivity index (χ3n) is 3.67. The summed E-state index contributed by atoms with van der Waals surface area (Å²) in [6.07, 6.45) is 0. The third kappa shape index (κ3) is 5.07. The molecular weight excluding hydrogens is 332 g/mol. The van der Waals surface area contributed by atoms with E-state index in [4.69, 9.17) is 9.47 Å². The van der Waals surface area contributed by atoms with Crippen LogP contribution in [0.2, 0.25) is 0 Å². The van der Waals surface area contributed by atoms with E-state index in [0.29, 0.717) is 36.6 Å². The summed E-state index contributed by atoms with van der Waals surface area (Å²) in [5.74, 6) is -0.677. The molecule has 2 aromatic rings. The molecule has 0 heterocycles. The van der Waals surface area contributed by atoms with Crippen molar-refractivity contribution in [2.45, 2.75) is 20.5 Å². The zero-order chi connectivity index (χ0) is 18.9. The Morgan fingerprint density at radius 1 is 0.962 bits per heavy atom. The minimum absolute atomic E-state index is 0.255. The first-order valence-corrected chi connectivity index (χ1v) is 8.53. The van der Waals surface area contributed by atoms with Crippen molar-refractivity contribution in [3.05, 3.63) is 59.2 Å². The maximum atomic E-state index is 12.6. The van der Waals surface area contributed by atoms with Gasteiger partial charge in [0.1, 0.15) is 0 Å². The zero-order valence-corrected chi connectivity index (χ0v) is 15.3. The predicted octanol–water partition coefficient (Wildman–Crippen LogP) is 3.69. The van der Waals surface area contributed by atoms with E-state index < -0.39 is 5.97 Å². The number of amides is 1. The maximum Gasteiger partial charge on any atom is 0.338 e. The first kappa shape index (κ1) is 19.5. The number of rotatable bonds is 8. The van der Waals surface area contributed by atoms with E-state index >= 15 is 0 Å². The van der Waals surface area contributed by atoms with E-state index in [1.807, 2.05) is 19.1 Å². The van der Waals surface area contributed by atoms with Gasteiger partial charge in [0, 0.05) is 19.2 Å². The summed E-state index contributed by atoms with van der Waals surface area (Å²) in [6, 6.07) is 12.2. The van der Waals surface area contributed by atoms with Gasteiger partial charge in [-0.25, -0.2) is 4.79 Å². The summed E-state index contributed by atoms with van der Waals surface area (Å²) in [4.78, 5) is 24.5. The molecule has 0 fully saturated rings. The van der Waals surface area contributed by atoms with Crippen LogP contribution in [-0.4, -0.2) is 32.1 Å². The number of anilines is 2. The van der Waals surface area contributed by atoms with Gasteiger partial charge in [0.15, 0.2) is 0 Å². The second-order valence-corrected chi connectivity index (χ2v) is 5.60. The van der Waals surface area contributed by atoms with Crippen LogP contribution in [0.15, 0.2) is 42.5 Å². The summed E-state index contributed by atoms with van der Waals surface area (Å²) >= 11 is 0. The van der Waals surface area contributed by atoms with Gasteiger partial charge in [0.25, 0.3) is 5.91 Å². The van der Waals surface area contributed by atoms with Crippen molar-refractivity contribution in [2.75, 3.05) is 30.9 Å². The molecule has 0 bridgehead atoms. The molecule has 2 N–H and O–H groups in total. The Morgan fingerprint density at radius 2 is 1.65 bits per heavy atom. The fourth-order valence-corrected chi connectivity index (χ4v) is 2.45. The summed E-state index contributed by atoms with van der Waals surface area (Å²) in [5.41, 5.74) is 3.17. The van der Waals surface area contributed by atoms with Gasteiger partial charge in [-0.2, -0.15) is 0 Å². The standard InChI is InChI=1S/C20H24N2O4/c1-4-21-17-11-10-16(20(24)26-5-2)12-18(17)22-19(23)15-8-6-14(7-9-15)13-25-3/h6-12,21H,4-5,13H2,1-3H3,(H,22,23). The fourth-order valence-electron chi connectivity index (χ4n) is 2.45. The third-order valence-corrected chi connectivity index (χ3v) is 3.67. The van der Waals surface area contributed by atoms with E-state index in [0.717, 1.165) is 11.3 Å². The molecule has 0 aliphatic rings. The summed E-state index contributed by atoms with van der Waals surface area (Å²) in [6.45, 7) is 5.19. The van der Waals surface area contributed by atoms with E-state index in [9.17, 15) is 9.59 Å². The largest absolute Gasteiger partial charge is 0.462 e. The Labute approximate surface area is 153 Å². The van der Waals surface area contributed by atoms with Crippen LogP contribution in [-0.2, 0) is 16.1 Å². The molecule has 0 unspecified atom stereocenters. The lowest BCUT2D eigenvalue weighted by atomic mass is 10.1. The van der Waals surface area contributed by atoms with Gasteiger partial charge in [-0.3, -0.25) is 4.79 Å². The molecule has 0 saturated carbocycles. The van der Waals surface area contributed by atoms with Crippen molar-refractivity contribution < 1.29 is 19.1 Å². The van der Waals surface area contributed by atoms with Crippen molar-refractivity contribution in [1.82, 2.24) is 0 Å². The first-order chi connectivity index (χ1) is 12.6. The van der Waals surface area contributed by atoms with Crippen molar-refractivity contribution in [2.24, 2.45) is 0 Å². The lowest BCUT2D eigenvalue weighted by Crippen LogP contribution is -2.15. The van der Waals surface area contributed by atoms with Crippen molar-refractivity contribution >= 4 is 23.3 Å². The zero-order valence-electron chi connectivity index (χ0n) is 15.3. The molecule has 0 aromatic heterocycles. The lowest BCUT2D eigenvalue weighted by molar-refractivity contribution is 0.0526. The maximum absolute atomic E-state index is 12.6. The second-order valence-electron chi connectivity index (χ2n) is 5.60. The highest BCUT2D eigenvalue weighted by atomic mass is 16.5. The first-order valence-electron chi connectivity index (χ1n) is 8.53. The molecule has 0 radical (unpaired) electrons. The minimum Gasteiger partial charge on any atom is -0.462 e. The Bertz CT molecular complexity index is 757. The Kier molecular flexibility index (Phi) is 7.17. The van der Waals surface area contributed by atoms with Crippen molar-refractivity contribution in [1.29, 1.82) is 0 Å². The quantitative estimate of drug-likeness (QED) is 0.706. The van der Waals surface area contributed by atoms with E-state index in [1.54, 1.807) is 44.4 Å². The van der Waals surface area contributed by atoms with Crippen molar-refractivity contribution in [3.8, 4) is 0 Å². The lowest BCUT2D eigenvalue weighted by Gasteiger charge is -2.14. The van der Waals surface area contributed by atoms with Gasteiger partial charge >= 0.3 is 5.97 Å². The molecule has 0 spiro atoms. The predicted molar refractivity (Wildman–Crippen MR) is 102 cm³/mol. The number of nitrogens with one attached hydrogen (secondary N) is 2. The number of carbonyl (C=O) groups excluding carboxylic acids is 2. The SMILES string of the molecule is CCNc1ccc(C(=O)OCC)cc1NC(=O)c1ccc(COC)cc1. The molecule has 26 heavy (non-hydrogen) atoms. The highest BCUT2D eigenvalue weighted by Crippen LogP contribution is 2.24. The molecule has 2 rings (SSSR count). The highest BCUT2D eigenvalue weighted by molar-refractivity contribution is 6.06. The molecule has 0 aliphatic heterocycles. The fraction of sp³-hybridized carbons (Fsp3) is 0.300. The van der Waals surface area contributed by atoms with Crippen LogP contribution in [0.1, 0.15) is 40.1 Å². The number of hydrogen-bond donors (Lipinski definition) is 2. The molecule has 2 aromatic carbocycles. The van der Waals surface area contributed by atoms with Gasteiger partial charge in [-0.15, -0.1) is 0 Å². The molecule has 6 heteroatoms. The molecular formula is C20H24N2O4. The van der Waals surface area contributed by atoms with E-state index in [1.165, 1.54) is 0 Å². The van der Waals surface area contributed by atoms with Crippen molar-refractivity contribution in [3.63, 3.8) is 0 Å². The minimum atomic E-state index is -0.421. The van der Waals surface area contributed by atoms with Crippen LogP contribution in [0.3, 0.4) is 0 Å². The van der Waals surface area contributed by atoms with Gasteiger partial charge < -0.3 is 20.1 Å². The number of ether oxygens (including phenoxy) is 2. The van der Waals surface area contributed by atoms with Gasteiger partial charge in [0.05, 0.1) is 30.2 Å². The normalized spacial score (nSPS) is 10.3. The van der Waals surface area contributed by atoms with Gasteiger partial charge in [-0.1, -0.05) is 12.1 Å². The van der Waals surface area contributed by atoms with Crippen LogP contribution in [0.4, 0.5) is 11.4 Å². The summed E-state index contributed by atoms with van der Waals surface area (Å²) < 4.78 is 10.1. The molecule has 1 amide bonds. The Morgan fingerprint density at radius 3 is 2.27 bits per heavy atom. The molecule has 6 nitrogen and oxygen atoms in total. The average Bonchev–Trinajstić information content (AvgIpc) is 2.64. The number of hydrogen-bond acceptors (Lipinski definition) is 5. The molecule has 0 saturated heterocycles. The molecule has 0 atom stereocenters. The highest BCUT2D eigenvalue weighted by Gasteiger charge is 2.13. The Hall–Kier alpha value is -2.86. The van der Waals surface area contributed by atoms with Crippen LogP contribution in [0.5, 0.6) is 0 Å². The summed E-state index contributed by atoms with van der Waals surface area (Å²) in [5, 5.41) is 6.03. The molecule has 138 valence electrons. The van der Waals surface area contributed by atoms with Crippen LogP contribution < -0.4 is 10.6 Å². The molecule has 0 aliphatic carbocycles.